The van der Waals surface area contributed by atoms with Crippen LogP contribution in [-0.4, -0.2) is 80.1 Å². The molecule has 6 rings (SSSR count). The average molecular weight is 655 g/mol. The summed E-state index contributed by atoms with van der Waals surface area (Å²) in [6.45, 7) is 4.85. The summed E-state index contributed by atoms with van der Waals surface area (Å²) in [5.74, 6) is 1.23. The lowest BCUT2D eigenvalue weighted by molar-refractivity contribution is 0.0357. The first-order valence-corrected chi connectivity index (χ1v) is 15.8. The molecule has 1 fully saturated rings. The molecule has 0 saturated carbocycles. The van der Waals surface area contributed by atoms with Crippen LogP contribution in [0, 0.1) is 5.82 Å². The van der Waals surface area contributed by atoms with Crippen LogP contribution >= 0.6 is 0 Å². The van der Waals surface area contributed by atoms with Crippen molar-refractivity contribution in [1.82, 2.24) is 19.4 Å². The molecule has 0 atom stereocenters. The summed E-state index contributed by atoms with van der Waals surface area (Å²) < 4.78 is 40.0. The molecule has 48 heavy (non-hydrogen) atoms. The fourth-order valence-corrected chi connectivity index (χ4v) is 5.48. The van der Waals surface area contributed by atoms with Crippen molar-refractivity contribution in [2.24, 2.45) is 7.05 Å². The quantitative estimate of drug-likeness (QED) is 0.165. The van der Waals surface area contributed by atoms with Crippen LogP contribution in [0.4, 0.5) is 21.7 Å². The molecule has 250 valence electrons. The number of anilines is 3. The number of hydrogen-bond acceptors (Lipinski definition) is 10. The molecule has 11 nitrogen and oxygen atoms in total. The summed E-state index contributed by atoms with van der Waals surface area (Å²) in [4.78, 5) is 26.6. The van der Waals surface area contributed by atoms with Gasteiger partial charge in [-0.05, 0) is 60.5 Å². The van der Waals surface area contributed by atoms with E-state index in [1.165, 1.54) is 22.9 Å². The van der Waals surface area contributed by atoms with Crippen LogP contribution in [0.25, 0.3) is 22.0 Å². The molecule has 3 aromatic carbocycles. The van der Waals surface area contributed by atoms with E-state index in [1.807, 2.05) is 43.3 Å². The van der Waals surface area contributed by atoms with Crippen LogP contribution in [0.5, 0.6) is 23.0 Å². The molecular weight excluding hydrogens is 615 g/mol. The molecular formula is C36H39FN6O5. The van der Waals surface area contributed by atoms with Crippen LogP contribution in [-0.2, 0) is 11.8 Å². The zero-order valence-corrected chi connectivity index (χ0v) is 27.5. The van der Waals surface area contributed by atoms with Crippen LogP contribution in [0.15, 0.2) is 77.9 Å². The first-order valence-electron chi connectivity index (χ1n) is 15.8. The Bertz CT molecular complexity index is 1940. The van der Waals surface area contributed by atoms with E-state index < -0.39 is 5.82 Å². The van der Waals surface area contributed by atoms with Gasteiger partial charge >= 0.3 is 0 Å². The molecule has 3 heterocycles. The number of rotatable bonds is 12. The number of nitrogens with zero attached hydrogens (tertiary/aromatic N) is 5. The third-order valence-corrected chi connectivity index (χ3v) is 8.24. The third-order valence-electron chi connectivity index (χ3n) is 8.24. The lowest BCUT2D eigenvalue weighted by atomic mass is 10.1. The van der Waals surface area contributed by atoms with Gasteiger partial charge in [-0.25, -0.2) is 9.37 Å². The van der Waals surface area contributed by atoms with Crippen LogP contribution in [0.3, 0.4) is 0 Å². The first kappa shape index (κ1) is 32.7. The van der Waals surface area contributed by atoms with Gasteiger partial charge < -0.3 is 29.2 Å². The van der Waals surface area contributed by atoms with Crippen LogP contribution in [0.2, 0.25) is 0 Å². The van der Waals surface area contributed by atoms with Gasteiger partial charge in [-0.1, -0.05) is 6.07 Å². The Morgan fingerprint density at radius 3 is 2.48 bits per heavy atom. The van der Waals surface area contributed by atoms with Gasteiger partial charge in [0.2, 0.25) is 5.95 Å². The minimum absolute atomic E-state index is 0.00195. The highest BCUT2D eigenvalue weighted by atomic mass is 19.1. The van der Waals surface area contributed by atoms with E-state index in [1.54, 1.807) is 44.6 Å². The van der Waals surface area contributed by atoms with Gasteiger partial charge in [-0.3, -0.25) is 19.2 Å². The van der Waals surface area contributed by atoms with Crippen molar-refractivity contribution >= 4 is 28.2 Å². The Morgan fingerprint density at radius 1 is 0.958 bits per heavy atom. The van der Waals surface area contributed by atoms with Gasteiger partial charge in [-0.15, -0.1) is 0 Å². The fraction of sp³-hybridized carbons (Fsp3) is 0.306. The summed E-state index contributed by atoms with van der Waals surface area (Å²) in [6, 6.07) is 17.4. The second-order valence-corrected chi connectivity index (χ2v) is 11.7. The van der Waals surface area contributed by atoms with E-state index in [4.69, 9.17) is 18.9 Å². The van der Waals surface area contributed by atoms with Gasteiger partial charge in [-0.2, -0.15) is 0 Å². The number of aromatic nitrogens is 3. The highest BCUT2D eigenvalue weighted by Gasteiger charge is 2.17. The lowest BCUT2D eigenvalue weighted by Crippen LogP contribution is -2.37. The fourth-order valence-electron chi connectivity index (χ4n) is 5.48. The second kappa shape index (κ2) is 14.7. The monoisotopic (exact) mass is 654 g/mol. The second-order valence-electron chi connectivity index (χ2n) is 11.7. The zero-order valence-electron chi connectivity index (χ0n) is 27.5. The summed E-state index contributed by atoms with van der Waals surface area (Å²) in [7, 11) is 7.12. The molecule has 5 aromatic rings. The van der Waals surface area contributed by atoms with Crippen LogP contribution < -0.4 is 30.0 Å². The number of methoxy groups -OCH3 is 1. The number of ether oxygens (including phenoxy) is 4. The van der Waals surface area contributed by atoms with E-state index in [0.717, 1.165) is 50.6 Å². The van der Waals surface area contributed by atoms with E-state index in [9.17, 15) is 4.79 Å². The Morgan fingerprint density at radius 2 is 1.75 bits per heavy atom. The van der Waals surface area contributed by atoms with E-state index in [0.29, 0.717) is 46.3 Å². The summed E-state index contributed by atoms with van der Waals surface area (Å²) in [5.41, 5.74) is 2.77. The largest absolute Gasteiger partial charge is 0.493 e. The van der Waals surface area contributed by atoms with Crippen LogP contribution in [0.1, 0.15) is 6.42 Å². The van der Waals surface area contributed by atoms with Gasteiger partial charge in [0.1, 0.15) is 5.75 Å². The predicted molar refractivity (Wildman–Crippen MR) is 185 cm³/mol. The van der Waals surface area contributed by atoms with Crippen molar-refractivity contribution in [3.63, 3.8) is 0 Å². The smallest absolute Gasteiger partial charge is 0.262 e. The molecule has 0 spiro atoms. The average Bonchev–Trinajstić information content (AvgIpc) is 3.10. The predicted octanol–water partition coefficient (Wildman–Crippen LogP) is 5.85. The summed E-state index contributed by atoms with van der Waals surface area (Å²) in [5, 5.41) is 3.80. The molecule has 1 N–H and O–H groups in total. The number of fused-ring (bicyclic) bond motifs is 1. The topological polar surface area (TPSA) is 103 Å². The Labute approximate surface area is 278 Å². The van der Waals surface area contributed by atoms with Crippen molar-refractivity contribution in [2.75, 3.05) is 70.9 Å². The molecule has 0 bridgehead atoms. The van der Waals surface area contributed by atoms with Gasteiger partial charge in [0.15, 0.2) is 23.1 Å². The Hall–Kier alpha value is -5.20. The highest BCUT2D eigenvalue weighted by molar-refractivity contribution is 5.88. The van der Waals surface area contributed by atoms with Crippen molar-refractivity contribution in [3.05, 3.63) is 89.2 Å². The number of benzene rings is 3. The molecule has 2 aromatic heterocycles. The Balaban J connectivity index is 1.16. The number of hydrogen-bond donors (Lipinski definition) is 1. The standard InChI is InChI=1S/C36H39FN6O5/c1-41(2)26-9-7-25(8-10-26)40-36-39-23-28(35(44)42(36)3)24-6-11-32(29(37)20-24)48-31-12-13-38-30-22-34(33(45-4)21-27(30)31)47-17-5-14-43-15-18-46-19-16-43/h6-13,20-23H,5,14-19H2,1-4H3,(H,39,40). The summed E-state index contributed by atoms with van der Waals surface area (Å²) in [6.07, 6.45) is 3.90. The van der Waals surface area contributed by atoms with Gasteiger partial charge in [0.25, 0.3) is 5.56 Å². The Kier molecular flexibility index (Phi) is 10.0. The maximum Gasteiger partial charge on any atom is 0.262 e. The molecule has 1 aliphatic rings. The van der Waals surface area contributed by atoms with Gasteiger partial charge in [0.05, 0.1) is 38.0 Å². The number of morpholine rings is 1. The summed E-state index contributed by atoms with van der Waals surface area (Å²) >= 11 is 0. The SMILES string of the molecule is COc1cc2c(Oc3ccc(-c4cnc(Nc5ccc(N(C)C)cc5)n(C)c4=O)cc3F)ccnc2cc1OCCCN1CCOCC1. The van der Waals surface area contributed by atoms with Crippen molar-refractivity contribution in [1.29, 1.82) is 0 Å². The maximum absolute atomic E-state index is 15.5. The molecule has 0 unspecified atom stereocenters. The van der Waals surface area contributed by atoms with E-state index >= 15 is 4.39 Å². The molecule has 0 aliphatic carbocycles. The van der Waals surface area contributed by atoms with Crippen molar-refractivity contribution in [3.8, 4) is 34.1 Å². The first-order chi connectivity index (χ1) is 23.3. The molecule has 1 saturated heterocycles. The van der Waals surface area contributed by atoms with E-state index in [2.05, 4.69) is 20.2 Å². The lowest BCUT2D eigenvalue weighted by Gasteiger charge is -2.26. The van der Waals surface area contributed by atoms with E-state index in [-0.39, 0.29) is 16.9 Å². The number of pyridine rings is 1. The minimum Gasteiger partial charge on any atom is -0.493 e. The van der Waals surface area contributed by atoms with Crippen molar-refractivity contribution < 1.29 is 23.3 Å². The third kappa shape index (κ3) is 7.35. The minimum atomic E-state index is -0.630. The molecule has 1 aliphatic heterocycles. The molecule has 0 amide bonds. The highest BCUT2D eigenvalue weighted by Crippen LogP contribution is 2.38. The molecule has 0 radical (unpaired) electrons. The molecule has 12 heteroatoms. The zero-order chi connectivity index (χ0) is 33.6. The maximum atomic E-state index is 15.5. The number of halogens is 1. The van der Waals surface area contributed by atoms with Crippen molar-refractivity contribution in [2.45, 2.75) is 6.42 Å². The van der Waals surface area contributed by atoms with Gasteiger partial charge in [0, 0.05) is 76.0 Å². The number of nitrogens with one attached hydrogen (secondary N) is 1. The normalized spacial score (nSPS) is 13.4.